The highest BCUT2D eigenvalue weighted by Gasteiger charge is 2.45. The first kappa shape index (κ1) is 31.8. The van der Waals surface area contributed by atoms with Gasteiger partial charge in [0.15, 0.2) is 5.00 Å². The molecule has 2 aromatic heterocycles. The van der Waals surface area contributed by atoms with Crippen molar-refractivity contribution >= 4 is 64.8 Å². The number of aliphatic imine (C=N–C) groups is 2. The third kappa shape index (κ3) is 5.43. The van der Waals surface area contributed by atoms with E-state index in [9.17, 15) is 19.8 Å². The molecule has 5 rings (SSSR count). The van der Waals surface area contributed by atoms with Crippen LogP contribution in [0.1, 0.15) is 92.4 Å². The van der Waals surface area contributed by atoms with Gasteiger partial charge in [-0.15, -0.1) is 11.6 Å². The lowest BCUT2D eigenvalue weighted by molar-refractivity contribution is -0.137. The topological polar surface area (TPSA) is 131 Å². The highest BCUT2D eigenvalue weighted by Crippen LogP contribution is 2.50. The molecule has 44 heavy (non-hydrogen) atoms. The summed E-state index contributed by atoms with van der Waals surface area (Å²) >= 11 is 14.7. The Morgan fingerprint density at radius 2 is 1.52 bits per heavy atom. The molecular formula is C34H38Cl2N4O4. The van der Waals surface area contributed by atoms with Crippen molar-refractivity contribution in [1.29, 1.82) is 0 Å². The SMILES string of the molecule is CCC1=C(C)C2(Cl)N=C1C=c1[nH]c(c(CCC(=O)O)c1C)=CC1=NC(=Cc3[nH]c(c(CC)c3C)C2Cl)C(C)=C1CCC(=O)O. The zero-order chi connectivity index (χ0) is 32.1. The number of nitrogens with one attached hydrogen (secondary N) is 2. The summed E-state index contributed by atoms with van der Waals surface area (Å²) in [5, 5.41) is 19.8. The van der Waals surface area contributed by atoms with Crippen molar-refractivity contribution in [2.24, 2.45) is 9.98 Å². The van der Waals surface area contributed by atoms with Crippen molar-refractivity contribution in [3.8, 4) is 0 Å². The predicted octanol–water partition coefficient (Wildman–Crippen LogP) is 6.19. The number of aromatic nitrogens is 2. The monoisotopic (exact) mass is 636 g/mol. The van der Waals surface area contributed by atoms with E-state index in [0.717, 1.165) is 84.5 Å². The van der Waals surface area contributed by atoms with E-state index in [0.29, 0.717) is 25.0 Å². The molecule has 0 spiro atoms. The Hall–Kier alpha value is -3.62. The van der Waals surface area contributed by atoms with Crippen LogP contribution < -0.4 is 10.7 Å². The highest BCUT2D eigenvalue weighted by molar-refractivity contribution is 6.37. The van der Waals surface area contributed by atoms with Crippen LogP contribution in [0.2, 0.25) is 0 Å². The zero-order valence-corrected chi connectivity index (χ0v) is 27.4. The standard InChI is InChI=1S/C34H38Cl2N4O4/c1-7-20-16(3)26-13-24-17(4)22(9-11-30(41)42)27(37-24)15-28-23(10-12-31(43)44)18(5)25(38-28)14-29-21(8-2)19(6)34(36,40-29)33(35)32(20)39-26/h13-15,33,38-39H,7-12H2,1-6H3,(H,41,42)(H,43,44). The molecule has 0 amide bonds. The van der Waals surface area contributed by atoms with Crippen LogP contribution in [0.3, 0.4) is 0 Å². The number of H-pyrrole nitrogens is 2. The van der Waals surface area contributed by atoms with Crippen LogP contribution in [0.15, 0.2) is 38.0 Å². The number of halogens is 2. The average molecular weight is 638 g/mol. The highest BCUT2D eigenvalue weighted by atomic mass is 35.5. The summed E-state index contributed by atoms with van der Waals surface area (Å²) in [6, 6.07) is 0. The average Bonchev–Trinajstić information content (AvgIpc) is 3.62. The van der Waals surface area contributed by atoms with Gasteiger partial charge in [0.1, 0.15) is 5.38 Å². The number of nitrogens with zero attached hydrogens (tertiary/aromatic N) is 2. The first-order valence-corrected chi connectivity index (χ1v) is 15.8. The Kier molecular flexibility index (Phi) is 8.71. The van der Waals surface area contributed by atoms with E-state index >= 15 is 0 Å². The molecule has 2 unspecified atom stereocenters. The molecule has 8 nitrogen and oxygen atoms in total. The van der Waals surface area contributed by atoms with Crippen LogP contribution in [0, 0.1) is 13.8 Å². The van der Waals surface area contributed by atoms with Gasteiger partial charge >= 0.3 is 11.9 Å². The maximum Gasteiger partial charge on any atom is 0.303 e. The second-order valence-electron chi connectivity index (χ2n) is 11.7. The number of rotatable bonds is 8. The largest absolute Gasteiger partial charge is 0.481 e. The van der Waals surface area contributed by atoms with Crippen molar-refractivity contribution in [2.75, 3.05) is 0 Å². The van der Waals surface area contributed by atoms with Crippen molar-refractivity contribution in [3.05, 3.63) is 72.3 Å². The van der Waals surface area contributed by atoms with E-state index in [2.05, 4.69) is 30.7 Å². The molecule has 8 bridgehead atoms. The number of fused-ring (bicyclic) bond motifs is 6. The van der Waals surface area contributed by atoms with Crippen LogP contribution in [-0.2, 0) is 22.4 Å². The van der Waals surface area contributed by atoms with Gasteiger partial charge in [-0.1, -0.05) is 25.4 Å². The predicted molar refractivity (Wildman–Crippen MR) is 177 cm³/mol. The smallest absolute Gasteiger partial charge is 0.303 e. The van der Waals surface area contributed by atoms with Gasteiger partial charge in [0.2, 0.25) is 0 Å². The van der Waals surface area contributed by atoms with E-state index in [1.807, 2.05) is 39.0 Å². The molecule has 0 aromatic carbocycles. The van der Waals surface area contributed by atoms with Crippen molar-refractivity contribution < 1.29 is 19.8 Å². The summed E-state index contributed by atoms with van der Waals surface area (Å²) in [6.45, 7) is 12.1. The Morgan fingerprint density at radius 1 is 0.864 bits per heavy atom. The molecule has 232 valence electrons. The normalized spacial score (nSPS) is 21.2. The van der Waals surface area contributed by atoms with E-state index in [4.69, 9.17) is 33.2 Å². The lowest BCUT2D eigenvalue weighted by Crippen LogP contribution is -2.25. The summed E-state index contributed by atoms with van der Waals surface area (Å²) in [5.41, 5.74) is 11.3. The first-order valence-electron chi connectivity index (χ1n) is 15.0. The van der Waals surface area contributed by atoms with Gasteiger partial charge in [0, 0.05) is 34.9 Å². The van der Waals surface area contributed by atoms with Crippen molar-refractivity contribution in [3.63, 3.8) is 0 Å². The van der Waals surface area contributed by atoms with Gasteiger partial charge in [0.25, 0.3) is 0 Å². The summed E-state index contributed by atoms with van der Waals surface area (Å²) < 4.78 is 0. The molecule has 0 aliphatic carbocycles. The number of aromatic amines is 2. The Bertz CT molecular complexity index is 1870. The number of aliphatic carboxylic acids is 2. The third-order valence-electron chi connectivity index (χ3n) is 9.18. The van der Waals surface area contributed by atoms with Crippen LogP contribution in [0.5, 0.6) is 0 Å². The number of carboxylic acid groups (broad SMARTS) is 2. The van der Waals surface area contributed by atoms with Gasteiger partial charge in [-0.3, -0.25) is 14.6 Å². The maximum atomic E-state index is 11.6. The van der Waals surface area contributed by atoms with Gasteiger partial charge in [0.05, 0.1) is 17.1 Å². The molecule has 5 heterocycles. The van der Waals surface area contributed by atoms with Gasteiger partial charge in [-0.25, -0.2) is 4.99 Å². The fourth-order valence-corrected chi connectivity index (χ4v) is 7.29. The molecule has 3 aliphatic heterocycles. The molecule has 4 N–H and O–H groups in total. The van der Waals surface area contributed by atoms with Crippen LogP contribution in [0.25, 0.3) is 18.2 Å². The number of hydrogen-bond donors (Lipinski definition) is 4. The Balaban J connectivity index is 1.86. The second kappa shape index (κ2) is 12.1. The molecule has 0 radical (unpaired) electrons. The Labute approximate surface area is 266 Å². The van der Waals surface area contributed by atoms with Gasteiger partial charge in [-0.2, -0.15) is 0 Å². The summed E-state index contributed by atoms with van der Waals surface area (Å²) in [4.78, 5) is 39.1. The van der Waals surface area contributed by atoms with E-state index < -0.39 is 22.3 Å². The molecule has 2 aromatic rings. The van der Waals surface area contributed by atoms with Crippen LogP contribution in [-0.4, -0.2) is 48.5 Å². The lowest BCUT2D eigenvalue weighted by atomic mass is 9.95. The number of allylic oxidation sites excluding steroid dienone is 3. The van der Waals surface area contributed by atoms with Gasteiger partial charge in [-0.05, 0) is 116 Å². The van der Waals surface area contributed by atoms with Crippen molar-refractivity contribution in [1.82, 2.24) is 9.97 Å². The molecular weight excluding hydrogens is 599 g/mol. The van der Waals surface area contributed by atoms with Crippen molar-refractivity contribution in [2.45, 2.75) is 90.4 Å². The Morgan fingerprint density at radius 3 is 2.16 bits per heavy atom. The summed E-state index contributed by atoms with van der Waals surface area (Å²) in [7, 11) is 0. The number of carboxylic acids is 2. The van der Waals surface area contributed by atoms with Crippen LogP contribution >= 0.6 is 23.2 Å². The van der Waals surface area contributed by atoms with E-state index in [1.54, 1.807) is 0 Å². The summed E-state index contributed by atoms with van der Waals surface area (Å²) in [5.74, 6) is -1.78. The third-order valence-corrected chi connectivity index (χ3v) is 10.4. The minimum Gasteiger partial charge on any atom is -0.481 e. The fraction of sp³-hybridized carbons (Fsp3) is 0.412. The fourth-order valence-electron chi connectivity index (χ4n) is 6.58. The zero-order valence-electron chi connectivity index (χ0n) is 25.9. The minimum absolute atomic E-state index is 0.0375. The molecule has 0 fully saturated rings. The van der Waals surface area contributed by atoms with E-state index in [1.165, 1.54) is 0 Å². The second-order valence-corrected chi connectivity index (χ2v) is 12.7. The minimum atomic E-state index is -1.21. The van der Waals surface area contributed by atoms with Gasteiger partial charge < -0.3 is 20.2 Å². The molecule has 2 atom stereocenters. The number of alkyl halides is 2. The van der Waals surface area contributed by atoms with Crippen LogP contribution in [0.4, 0.5) is 0 Å². The van der Waals surface area contributed by atoms with E-state index in [-0.39, 0.29) is 12.8 Å². The quantitative estimate of drug-likeness (QED) is 0.203. The first-order chi connectivity index (χ1) is 20.8. The number of hydrogen-bond acceptors (Lipinski definition) is 4. The summed E-state index contributed by atoms with van der Waals surface area (Å²) in [6.07, 6.45) is 7.87. The lowest BCUT2D eigenvalue weighted by Gasteiger charge is -2.27. The maximum absolute atomic E-state index is 11.6. The molecule has 10 heteroatoms. The molecule has 0 saturated heterocycles. The molecule has 3 aliphatic rings. The molecule has 0 saturated carbocycles. The number of carbonyl (C=O) groups is 2.